The van der Waals surface area contributed by atoms with Crippen molar-refractivity contribution in [3.8, 4) is 6.07 Å². The molecule has 0 saturated heterocycles. The number of halogens is 3. The molecule has 1 aromatic carbocycles. The normalized spacial score (nSPS) is 10.9. The fourth-order valence-electron chi connectivity index (χ4n) is 0.843. The van der Waals surface area contributed by atoms with Crippen LogP contribution >= 0.6 is 0 Å². The van der Waals surface area contributed by atoms with Crippen LogP contribution in [-0.2, 0) is 6.18 Å². The number of rotatable bonds is 1. The van der Waals surface area contributed by atoms with Crippen molar-refractivity contribution in [2.24, 2.45) is 0 Å². The van der Waals surface area contributed by atoms with Crippen LogP contribution in [0.5, 0.6) is 0 Å². The molecular formula is C9H5F3N. The number of alkyl halides is 3. The van der Waals surface area contributed by atoms with Gasteiger partial charge in [-0.25, -0.2) is 0 Å². The van der Waals surface area contributed by atoms with Crippen molar-refractivity contribution in [1.29, 1.82) is 5.26 Å². The molecule has 0 spiro atoms. The Bertz CT molecular complexity index is 318. The monoisotopic (exact) mass is 184 g/mol. The van der Waals surface area contributed by atoms with Crippen molar-refractivity contribution in [3.63, 3.8) is 0 Å². The van der Waals surface area contributed by atoms with E-state index in [0.717, 1.165) is 12.1 Å². The van der Waals surface area contributed by atoms with Gasteiger partial charge in [-0.05, 0) is 17.7 Å². The molecule has 0 aromatic heterocycles. The van der Waals surface area contributed by atoms with Crippen molar-refractivity contribution in [2.75, 3.05) is 0 Å². The number of benzene rings is 1. The lowest BCUT2D eigenvalue weighted by Gasteiger charge is -2.05. The lowest BCUT2D eigenvalue weighted by molar-refractivity contribution is -0.137. The van der Waals surface area contributed by atoms with Crippen LogP contribution < -0.4 is 0 Å². The highest BCUT2D eigenvalue weighted by molar-refractivity contribution is 5.32. The molecule has 1 nitrogen and oxygen atoms in total. The first kappa shape index (κ1) is 9.59. The summed E-state index contributed by atoms with van der Waals surface area (Å²) in [6.07, 6.45) is -3.13. The summed E-state index contributed by atoms with van der Waals surface area (Å²) in [4.78, 5) is 0. The number of hydrogen-bond acceptors (Lipinski definition) is 1. The molecule has 67 valence electrons. The smallest absolute Gasteiger partial charge is 0.198 e. The Hall–Kier alpha value is -1.50. The zero-order valence-corrected chi connectivity index (χ0v) is 6.47. The van der Waals surface area contributed by atoms with Gasteiger partial charge in [0.15, 0.2) is 0 Å². The van der Waals surface area contributed by atoms with E-state index in [-0.39, 0.29) is 0 Å². The molecule has 0 aliphatic rings. The largest absolute Gasteiger partial charge is 0.416 e. The van der Waals surface area contributed by atoms with Crippen molar-refractivity contribution >= 4 is 0 Å². The van der Waals surface area contributed by atoms with Gasteiger partial charge in [0.25, 0.3) is 0 Å². The van der Waals surface area contributed by atoms with Gasteiger partial charge in [-0.2, -0.15) is 18.4 Å². The highest BCUT2D eigenvalue weighted by atomic mass is 19.4. The molecule has 0 bridgehead atoms. The van der Waals surface area contributed by atoms with Gasteiger partial charge in [0.2, 0.25) is 0 Å². The lowest BCUT2D eigenvalue weighted by atomic mass is 10.1. The van der Waals surface area contributed by atoms with E-state index in [1.807, 2.05) is 0 Å². The summed E-state index contributed by atoms with van der Waals surface area (Å²) in [6, 6.07) is 6.14. The molecule has 0 aliphatic heterocycles. The van der Waals surface area contributed by atoms with Gasteiger partial charge < -0.3 is 0 Å². The molecule has 0 amide bonds. The Morgan fingerprint density at radius 3 is 2.08 bits per heavy atom. The van der Waals surface area contributed by atoms with Gasteiger partial charge in [-0.1, -0.05) is 12.1 Å². The quantitative estimate of drug-likeness (QED) is 0.658. The van der Waals surface area contributed by atoms with Crippen molar-refractivity contribution in [1.82, 2.24) is 0 Å². The topological polar surface area (TPSA) is 23.8 Å². The first-order chi connectivity index (χ1) is 6.04. The Balaban J connectivity index is 2.89. The molecule has 4 heteroatoms. The summed E-state index contributed by atoms with van der Waals surface area (Å²) < 4.78 is 36.1. The highest BCUT2D eigenvalue weighted by Crippen LogP contribution is 2.29. The second-order valence-electron chi connectivity index (χ2n) is 2.39. The van der Waals surface area contributed by atoms with Gasteiger partial charge in [0.1, 0.15) is 0 Å². The van der Waals surface area contributed by atoms with Crippen LogP contribution in [0.3, 0.4) is 0 Å². The standard InChI is InChI=1S/C9H5F3N/c10-9(11,12)8-3-1-7(2-4-8)5-6-13/h1-5H. The van der Waals surface area contributed by atoms with E-state index >= 15 is 0 Å². The average Bonchev–Trinajstić information content (AvgIpc) is 2.04. The first-order valence-electron chi connectivity index (χ1n) is 3.44. The summed E-state index contributed by atoms with van der Waals surface area (Å²) in [7, 11) is 0. The zero-order valence-electron chi connectivity index (χ0n) is 6.47. The van der Waals surface area contributed by atoms with E-state index < -0.39 is 11.7 Å². The summed E-state index contributed by atoms with van der Waals surface area (Å²) in [5.41, 5.74) is -0.238. The summed E-state index contributed by atoms with van der Waals surface area (Å²) >= 11 is 0. The molecular weight excluding hydrogens is 179 g/mol. The second kappa shape index (κ2) is 3.48. The number of nitriles is 1. The van der Waals surface area contributed by atoms with Crippen LogP contribution in [0.4, 0.5) is 13.2 Å². The van der Waals surface area contributed by atoms with Crippen LogP contribution in [-0.4, -0.2) is 0 Å². The zero-order chi connectivity index (χ0) is 9.90. The summed E-state index contributed by atoms with van der Waals surface area (Å²) in [5.74, 6) is 0. The predicted octanol–water partition coefficient (Wildman–Crippen LogP) is 2.78. The minimum Gasteiger partial charge on any atom is -0.198 e. The summed E-state index contributed by atoms with van der Waals surface area (Å²) in [6.45, 7) is 0. The Morgan fingerprint density at radius 1 is 1.15 bits per heavy atom. The van der Waals surface area contributed by atoms with E-state index in [9.17, 15) is 13.2 Å². The van der Waals surface area contributed by atoms with Crippen molar-refractivity contribution < 1.29 is 13.2 Å². The molecule has 1 rings (SSSR count). The average molecular weight is 184 g/mol. The van der Waals surface area contributed by atoms with Gasteiger partial charge in [0, 0.05) is 0 Å². The SMILES string of the molecule is N#C[CH]c1ccc(C(F)(F)F)cc1. The van der Waals surface area contributed by atoms with Crippen molar-refractivity contribution in [2.45, 2.75) is 6.18 Å². The maximum atomic E-state index is 12.0. The molecule has 13 heavy (non-hydrogen) atoms. The molecule has 1 radical (unpaired) electrons. The Kier molecular flexibility index (Phi) is 2.57. The maximum Gasteiger partial charge on any atom is 0.416 e. The van der Waals surface area contributed by atoms with Crippen LogP contribution in [0.15, 0.2) is 24.3 Å². The molecule has 1 aromatic rings. The van der Waals surface area contributed by atoms with Crippen LogP contribution in [0.2, 0.25) is 0 Å². The highest BCUT2D eigenvalue weighted by Gasteiger charge is 2.29. The number of nitrogens with zero attached hydrogens (tertiary/aromatic N) is 1. The second-order valence-corrected chi connectivity index (χ2v) is 2.39. The third-order valence-electron chi connectivity index (χ3n) is 1.47. The Labute approximate surface area is 73.4 Å². The molecule has 0 fully saturated rings. The third kappa shape index (κ3) is 2.48. The number of hydrogen-bond donors (Lipinski definition) is 0. The van der Waals surface area contributed by atoms with E-state index in [0.29, 0.717) is 5.56 Å². The Morgan fingerprint density at radius 2 is 1.69 bits per heavy atom. The van der Waals surface area contributed by atoms with Gasteiger partial charge >= 0.3 is 6.18 Å². The fourth-order valence-corrected chi connectivity index (χ4v) is 0.843. The fraction of sp³-hybridized carbons (Fsp3) is 0.111. The maximum absolute atomic E-state index is 12.0. The molecule has 0 saturated carbocycles. The lowest BCUT2D eigenvalue weighted by Crippen LogP contribution is -2.04. The molecule has 0 atom stereocenters. The van der Waals surface area contributed by atoms with Gasteiger partial charge in [-0.3, -0.25) is 0 Å². The summed E-state index contributed by atoms with van der Waals surface area (Å²) in [5, 5.41) is 8.22. The van der Waals surface area contributed by atoms with E-state index in [4.69, 9.17) is 5.26 Å². The minimum atomic E-state index is -4.31. The van der Waals surface area contributed by atoms with Gasteiger partial charge in [-0.15, -0.1) is 0 Å². The minimum absolute atomic E-state index is 0.468. The van der Waals surface area contributed by atoms with Gasteiger partial charge in [0.05, 0.1) is 18.1 Å². The van der Waals surface area contributed by atoms with Crippen LogP contribution in [0, 0.1) is 17.8 Å². The van der Waals surface area contributed by atoms with E-state index in [1.165, 1.54) is 18.6 Å². The third-order valence-corrected chi connectivity index (χ3v) is 1.47. The molecule has 0 aliphatic carbocycles. The van der Waals surface area contributed by atoms with E-state index in [2.05, 4.69) is 0 Å². The van der Waals surface area contributed by atoms with E-state index in [1.54, 1.807) is 6.07 Å². The predicted molar refractivity (Wildman–Crippen MR) is 40.5 cm³/mol. The molecule has 0 unspecified atom stereocenters. The molecule has 0 heterocycles. The first-order valence-corrected chi connectivity index (χ1v) is 3.44. The van der Waals surface area contributed by atoms with Crippen LogP contribution in [0.25, 0.3) is 0 Å². The molecule has 0 N–H and O–H groups in total. The van der Waals surface area contributed by atoms with Crippen LogP contribution in [0.1, 0.15) is 11.1 Å². The van der Waals surface area contributed by atoms with Crippen molar-refractivity contribution in [3.05, 3.63) is 41.8 Å².